The number of hydrogen-bond acceptors (Lipinski definition) is 1. The first kappa shape index (κ1) is 11.1. The Hall–Kier alpha value is 1.12. The molecule has 1 rings (SSSR count). The van der Waals surface area contributed by atoms with Crippen LogP contribution in [0.3, 0.4) is 0 Å². The predicted molar refractivity (Wildman–Crippen MR) is 55.5 cm³/mol. The molecule has 0 aromatic rings. The third kappa shape index (κ3) is 5.87. The van der Waals surface area contributed by atoms with Gasteiger partial charge in [0, 0.05) is 0 Å². The summed E-state index contributed by atoms with van der Waals surface area (Å²) >= 11 is 4.49. The summed E-state index contributed by atoms with van der Waals surface area (Å²) in [5, 5.41) is 0. The van der Waals surface area contributed by atoms with Crippen molar-refractivity contribution in [2.75, 3.05) is 0 Å². The molecule has 1 nitrogen and oxygen atoms in total. The van der Waals surface area contributed by atoms with Gasteiger partial charge in [0.05, 0.1) is 0 Å². The van der Waals surface area contributed by atoms with Crippen LogP contribution in [0.15, 0.2) is 24.3 Å². The second-order valence-corrected chi connectivity index (χ2v) is 10.2. The Morgan fingerprint density at radius 2 is 1.70 bits per heavy atom. The molecule has 0 atom stereocenters. The predicted octanol–water partition coefficient (Wildman–Crippen LogP) is 2.61. The van der Waals surface area contributed by atoms with Crippen molar-refractivity contribution in [1.82, 2.24) is 0 Å². The summed E-state index contributed by atoms with van der Waals surface area (Å²) in [7, 11) is 1.38. The molecule has 0 radical (unpaired) electrons. The molecular weight excluding hydrogens is 401 g/mol. The molecule has 0 heterocycles. The van der Waals surface area contributed by atoms with Crippen LogP contribution in [0.2, 0.25) is 0 Å². The molecule has 58 valence electrons. The van der Waals surface area contributed by atoms with Crippen molar-refractivity contribution in [3.63, 3.8) is 0 Å². The summed E-state index contributed by atoms with van der Waals surface area (Å²) in [4.78, 5) is 9.78. The van der Waals surface area contributed by atoms with Gasteiger partial charge in [-0.1, -0.05) is 12.2 Å². The monoisotopic (exact) mass is 406 g/mol. The Balaban J connectivity index is 0.000000236. The van der Waals surface area contributed by atoms with Gasteiger partial charge >= 0.3 is 49.1 Å². The van der Waals surface area contributed by atoms with E-state index in [2.05, 4.69) is 40.8 Å². The van der Waals surface area contributed by atoms with Gasteiger partial charge in [0.1, 0.15) is 0 Å². The van der Waals surface area contributed by atoms with Crippen molar-refractivity contribution in [3.05, 3.63) is 24.3 Å². The number of rotatable bonds is 1. The van der Waals surface area contributed by atoms with Gasteiger partial charge in [-0.25, -0.2) is 0 Å². The molecule has 0 spiro atoms. The molecule has 0 saturated heterocycles. The van der Waals surface area contributed by atoms with E-state index in [0.29, 0.717) is 0 Å². The van der Waals surface area contributed by atoms with E-state index < -0.39 is 0 Å². The summed E-state index contributed by atoms with van der Waals surface area (Å²) in [5.41, 5.74) is 0. The normalized spacial score (nSPS) is 15.0. The summed E-state index contributed by atoms with van der Waals surface area (Å²) in [6, 6.07) is 0. The number of halogens is 2. The fourth-order valence-corrected chi connectivity index (χ4v) is 0.510. The molecule has 0 aromatic heterocycles. The van der Waals surface area contributed by atoms with Crippen LogP contribution in [-0.4, -0.2) is 6.29 Å². The molecule has 4 heteroatoms. The topological polar surface area (TPSA) is 17.1 Å². The first-order chi connectivity index (χ1) is 4.85. The van der Waals surface area contributed by atoms with Crippen molar-refractivity contribution in [2.24, 2.45) is 5.92 Å². The first-order valence-corrected chi connectivity index (χ1v) is 9.13. The van der Waals surface area contributed by atoms with Gasteiger partial charge < -0.3 is 4.79 Å². The number of carbonyl (C=O) groups excluding carboxylic acids is 1. The van der Waals surface area contributed by atoms with Crippen LogP contribution in [0.4, 0.5) is 0 Å². The quantitative estimate of drug-likeness (QED) is 0.484. The zero-order chi connectivity index (χ0) is 7.82. The SMILES string of the molecule is O=[C-]C1C=CC=C1.[I][Co+][I]. The van der Waals surface area contributed by atoms with E-state index in [1.165, 1.54) is 8.26 Å². The van der Waals surface area contributed by atoms with Gasteiger partial charge in [0.15, 0.2) is 0 Å². The Morgan fingerprint density at radius 3 is 1.90 bits per heavy atom. The number of allylic oxidation sites excluding steroid dienone is 4. The summed E-state index contributed by atoms with van der Waals surface area (Å²) in [5.74, 6) is -0.0694. The van der Waals surface area contributed by atoms with Gasteiger partial charge in [0.2, 0.25) is 0 Å². The third-order valence-corrected chi connectivity index (χ3v) is 0.884. The third-order valence-electron chi connectivity index (χ3n) is 0.884. The molecule has 1 aliphatic carbocycles. The molecular formula is C6H5CoI2O. The van der Waals surface area contributed by atoms with E-state index >= 15 is 0 Å². The average Bonchev–Trinajstić information content (AvgIpc) is 2.39. The van der Waals surface area contributed by atoms with E-state index in [1.54, 1.807) is 12.2 Å². The number of hydrogen-bond donors (Lipinski definition) is 0. The molecule has 0 unspecified atom stereocenters. The van der Waals surface area contributed by atoms with Crippen molar-refractivity contribution >= 4 is 47.1 Å². The van der Waals surface area contributed by atoms with Crippen LogP contribution in [-0.2, 0) is 13.1 Å². The molecule has 0 aliphatic heterocycles. The molecule has 1 aliphatic rings. The van der Waals surface area contributed by atoms with Crippen molar-refractivity contribution in [2.45, 2.75) is 0 Å². The van der Waals surface area contributed by atoms with Crippen LogP contribution in [0.25, 0.3) is 0 Å². The van der Waals surface area contributed by atoms with Gasteiger partial charge in [-0.2, -0.15) is 0 Å². The first-order valence-electron chi connectivity index (χ1n) is 2.41. The summed E-state index contributed by atoms with van der Waals surface area (Å²) in [6.45, 7) is 0. The van der Waals surface area contributed by atoms with Crippen LogP contribution in [0.5, 0.6) is 0 Å². The standard InChI is InChI=1S/C6H5O.Co.2HI/c7-5-6-3-1-2-4-6;;;/h1-4,6H;;2*1H/q-1;+3;;/p-2. The average molecular weight is 406 g/mol. The second kappa shape index (κ2) is 8.22. The van der Waals surface area contributed by atoms with Crippen molar-refractivity contribution < 1.29 is 13.1 Å². The summed E-state index contributed by atoms with van der Waals surface area (Å²) < 4.78 is 0. The molecule has 0 fully saturated rings. The van der Waals surface area contributed by atoms with E-state index in [1.807, 2.05) is 18.4 Å². The van der Waals surface area contributed by atoms with E-state index in [9.17, 15) is 4.79 Å². The fourth-order valence-electron chi connectivity index (χ4n) is 0.510. The van der Waals surface area contributed by atoms with Crippen LogP contribution >= 0.6 is 40.8 Å². The van der Waals surface area contributed by atoms with Crippen LogP contribution in [0.1, 0.15) is 0 Å². The Morgan fingerprint density at radius 1 is 1.30 bits per heavy atom. The van der Waals surface area contributed by atoms with E-state index in [0.717, 1.165) is 0 Å². The Bertz CT molecular complexity index is 133. The van der Waals surface area contributed by atoms with Crippen molar-refractivity contribution in [1.29, 1.82) is 0 Å². The Labute approximate surface area is 89.3 Å². The van der Waals surface area contributed by atoms with Gasteiger partial charge in [-0.15, -0.1) is 18.1 Å². The zero-order valence-corrected chi connectivity index (χ0v) is 10.2. The van der Waals surface area contributed by atoms with Crippen LogP contribution in [0, 0.1) is 5.92 Å². The minimum absolute atomic E-state index is 0.0694. The molecule has 0 saturated carbocycles. The van der Waals surface area contributed by atoms with Crippen LogP contribution < -0.4 is 0 Å². The molecule has 0 bridgehead atoms. The second-order valence-electron chi connectivity index (χ2n) is 1.46. The maximum absolute atomic E-state index is 9.78. The molecule has 0 N–H and O–H groups in total. The fraction of sp³-hybridized carbons (Fsp3) is 0.167. The molecule has 0 aromatic carbocycles. The Kier molecular flexibility index (Phi) is 9.13. The van der Waals surface area contributed by atoms with E-state index in [4.69, 9.17) is 0 Å². The van der Waals surface area contributed by atoms with Gasteiger partial charge in [0.25, 0.3) is 0 Å². The maximum atomic E-state index is 9.78. The summed E-state index contributed by atoms with van der Waals surface area (Å²) in [6.07, 6.45) is 9.12. The molecule has 0 amide bonds. The minimum atomic E-state index is -0.0694. The molecule has 10 heavy (non-hydrogen) atoms. The van der Waals surface area contributed by atoms with Gasteiger partial charge in [-0.05, 0) is 0 Å². The van der Waals surface area contributed by atoms with Crippen molar-refractivity contribution in [3.8, 4) is 0 Å². The zero-order valence-electron chi connectivity index (χ0n) is 4.88. The van der Waals surface area contributed by atoms with E-state index in [-0.39, 0.29) is 5.92 Å². The van der Waals surface area contributed by atoms with Gasteiger partial charge in [-0.3, -0.25) is 6.29 Å².